The van der Waals surface area contributed by atoms with E-state index >= 15 is 0 Å². The molecule has 0 saturated carbocycles. The standard InChI is InChI=1S/C14H15NO3.C2H6.K/c1-4-6-11(5-2)14(18-10(3)16)12-7-8-15-13(17)9-12;1-2;/h4-9,14H,1-2H2,3H3,(H,15,17);1-2H3;/q;;+1/p-1/b11-6+;;. The normalized spacial score (nSPS) is 11.1. The van der Waals surface area contributed by atoms with E-state index in [9.17, 15) is 9.59 Å². The minimum Gasteiger partial charge on any atom is -0.629 e. The van der Waals surface area contributed by atoms with E-state index in [4.69, 9.17) is 4.74 Å². The molecule has 1 aromatic heterocycles. The van der Waals surface area contributed by atoms with E-state index in [0.717, 1.165) is 0 Å². The molecule has 0 N–H and O–H groups in total. The van der Waals surface area contributed by atoms with Gasteiger partial charge >= 0.3 is 57.4 Å². The van der Waals surface area contributed by atoms with Crippen molar-refractivity contribution < 1.29 is 60.9 Å². The van der Waals surface area contributed by atoms with Crippen molar-refractivity contribution in [2.45, 2.75) is 26.9 Å². The van der Waals surface area contributed by atoms with Crippen LogP contribution in [0, 0.1) is 0 Å². The summed E-state index contributed by atoms with van der Waals surface area (Å²) in [7, 11) is 0. The summed E-state index contributed by atoms with van der Waals surface area (Å²) in [5.41, 5.74) is 0.815. The Hall–Kier alpha value is -0.724. The van der Waals surface area contributed by atoms with Gasteiger partial charge in [0.25, 0.3) is 0 Å². The first-order chi connectivity index (χ1) is 9.58. The minimum absolute atomic E-state index is 0. The molecule has 0 aliphatic rings. The topological polar surface area (TPSA) is 57.5 Å². The van der Waals surface area contributed by atoms with Crippen LogP contribution in [0.1, 0.15) is 32.4 Å². The van der Waals surface area contributed by atoms with Crippen LogP contribution in [0.5, 0.6) is 0 Å². The molecule has 0 bridgehead atoms. The average molecular weight is 313 g/mol. The number of nitrogens with zero attached hydrogens (tertiary/aromatic N) is 1. The molecule has 1 rings (SSSR count). The Labute approximate surface area is 168 Å². The van der Waals surface area contributed by atoms with Crippen LogP contribution in [-0.2, 0) is 9.53 Å². The van der Waals surface area contributed by atoms with E-state index in [2.05, 4.69) is 18.1 Å². The van der Waals surface area contributed by atoms with Gasteiger partial charge in [-0.1, -0.05) is 51.3 Å². The summed E-state index contributed by atoms with van der Waals surface area (Å²) < 4.78 is 5.20. The van der Waals surface area contributed by atoms with Crippen LogP contribution in [0.25, 0.3) is 0 Å². The number of carbonyl (C=O) groups excluding carboxylic acids is 1. The van der Waals surface area contributed by atoms with Gasteiger partial charge in [-0.2, -0.15) is 6.20 Å². The second-order valence-corrected chi connectivity index (χ2v) is 3.52. The molecule has 0 aliphatic heterocycles. The second kappa shape index (κ2) is 13.0. The van der Waals surface area contributed by atoms with Crippen molar-refractivity contribution in [1.29, 1.82) is 0 Å². The van der Waals surface area contributed by atoms with Crippen LogP contribution in [-0.4, -0.2) is 5.97 Å². The van der Waals surface area contributed by atoms with E-state index < -0.39 is 12.1 Å². The molecule has 4 nitrogen and oxygen atoms in total. The maximum absolute atomic E-state index is 11.2. The van der Waals surface area contributed by atoms with Gasteiger partial charge < -0.3 is 14.5 Å². The first-order valence-electron chi connectivity index (χ1n) is 6.33. The fraction of sp³-hybridized carbons (Fsp3) is 0.250. The van der Waals surface area contributed by atoms with Crippen LogP contribution < -0.4 is 61.9 Å². The van der Waals surface area contributed by atoms with Crippen molar-refractivity contribution in [3.8, 4) is 0 Å². The maximum Gasteiger partial charge on any atom is 1.00 e. The number of esters is 1. The van der Waals surface area contributed by atoms with Crippen molar-refractivity contribution in [3.63, 3.8) is 0 Å². The Morgan fingerprint density at radius 3 is 2.43 bits per heavy atom. The Kier molecular flexibility index (Phi) is 13.9. The molecular formula is C16H20KNO3. The predicted octanol–water partition coefficient (Wildman–Crippen LogP) is -0.0632. The number of aromatic nitrogens is 1. The molecule has 0 fully saturated rings. The fourth-order valence-corrected chi connectivity index (χ4v) is 1.48. The van der Waals surface area contributed by atoms with Crippen molar-refractivity contribution >= 4 is 5.97 Å². The van der Waals surface area contributed by atoms with Gasteiger partial charge in [0.05, 0.1) is 5.56 Å². The van der Waals surface area contributed by atoms with Crippen LogP contribution in [0.3, 0.4) is 0 Å². The molecule has 5 heteroatoms. The summed E-state index contributed by atoms with van der Waals surface area (Å²) in [6, 6.07) is 2.95. The third-order valence-corrected chi connectivity index (χ3v) is 2.19. The summed E-state index contributed by atoms with van der Waals surface area (Å²) in [6.45, 7) is 12.5. The van der Waals surface area contributed by atoms with Gasteiger partial charge in [0.1, 0.15) is 0 Å². The molecule has 1 aromatic rings. The summed E-state index contributed by atoms with van der Waals surface area (Å²) in [5, 5.41) is 0. The van der Waals surface area contributed by atoms with Gasteiger partial charge in [0, 0.05) is 6.92 Å². The number of hydrogen-bond acceptors (Lipinski definition) is 3. The van der Waals surface area contributed by atoms with E-state index in [1.807, 2.05) is 13.8 Å². The molecular weight excluding hydrogens is 293 g/mol. The summed E-state index contributed by atoms with van der Waals surface area (Å²) in [4.78, 5) is 25.9. The second-order valence-electron chi connectivity index (χ2n) is 3.52. The van der Waals surface area contributed by atoms with Crippen molar-refractivity contribution in [2.24, 2.45) is 0 Å². The molecule has 0 aliphatic carbocycles. The molecule has 1 unspecified atom stereocenters. The van der Waals surface area contributed by atoms with Gasteiger partial charge in [-0.25, -0.2) is 0 Å². The molecule has 0 aromatic carbocycles. The van der Waals surface area contributed by atoms with Crippen LogP contribution >= 0.6 is 0 Å². The van der Waals surface area contributed by atoms with Crippen molar-refractivity contribution in [2.75, 3.05) is 0 Å². The molecule has 108 valence electrons. The number of pyridine rings is 1. The summed E-state index contributed by atoms with van der Waals surface area (Å²) >= 11 is 0. The van der Waals surface area contributed by atoms with Crippen LogP contribution in [0.15, 0.2) is 60.1 Å². The van der Waals surface area contributed by atoms with Gasteiger partial charge in [0.15, 0.2) is 6.10 Å². The Morgan fingerprint density at radius 2 is 2.00 bits per heavy atom. The predicted molar refractivity (Wildman–Crippen MR) is 80.4 cm³/mol. The molecule has 0 radical (unpaired) electrons. The van der Waals surface area contributed by atoms with Crippen molar-refractivity contribution in [3.05, 3.63) is 71.2 Å². The zero-order chi connectivity index (χ0) is 15.5. The number of rotatable bonds is 5. The number of carbonyl (C=O) groups is 1. The monoisotopic (exact) mass is 313 g/mol. The molecule has 21 heavy (non-hydrogen) atoms. The van der Waals surface area contributed by atoms with Gasteiger partial charge in [0.2, 0.25) is 0 Å². The SMILES string of the molecule is C=C/C=C(\C=C)C(OC(C)=O)c1cc[n-]c(=O)c1.CC.[K+]. The third kappa shape index (κ3) is 8.33. The summed E-state index contributed by atoms with van der Waals surface area (Å²) in [5.74, 6) is -0.443. The third-order valence-electron chi connectivity index (χ3n) is 2.19. The van der Waals surface area contributed by atoms with E-state index in [0.29, 0.717) is 11.1 Å². The van der Waals surface area contributed by atoms with E-state index in [-0.39, 0.29) is 56.9 Å². The molecule has 0 amide bonds. The van der Waals surface area contributed by atoms with E-state index in [1.54, 1.807) is 24.3 Å². The molecule has 0 saturated heterocycles. The molecule has 0 spiro atoms. The van der Waals surface area contributed by atoms with Gasteiger partial charge in [-0.05, 0) is 17.2 Å². The first-order valence-corrected chi connectivity index (χ1v) is 6.33. The van der Waals surface area contributed by atoms with Crippen LogP contribution in [0.2, 0.25) is 0 Å². The Bertz CT molecular complexity index is 546. The Morgan fingerprint density at radius 1 is 1.38 bits per heavy atom. The first kappa shape index (κ1) is 22.6. The quantitative estimate of drug-likeness (QED) is 0.434. The Balaban J connectivity index is 0. The van der Waals surface area contributed by atoms with Gasteiger partial charge in [-0.15, -0.1) is 0 Å². The summed E-state index contributed by atoms with van der Waals surface area (Å²) in [6.07, 6.45) is 5.50. The average Bonchev–Trinajstić information content (AvgIpc) is 2.44. The number of allylic oxidation sites excluding steroid dienone is 2. The maximum atomic E-state index is 11.2. The van der Waals surface area contributed by atoms with Crippen molar-refractivity contribution in [1.82, 2.24) is 4.98 Å². The minimum atomic E-state index is -0.673. The zero-order valence-electron chi connectivity index (χ0n) is 13.1. The van der Waals surface area contributed by atoms with Crippen LogP contribution in [0.4, 0.5) is 0 Å². The van der Waals surface area contributed by atoms with Gasteiger partial charge in [-0.3, -0.25) is 4.79 Å². The smallest absolute Gasteiger partial charge is 0.629 e. The molecule has 1 atom stereocenters. The number of hydrogen-bond donors (Lipinski definition) is 0. The zero-order valence-corrected chi connectivity index (χ0v) is 16.3. The largest absolute Gasteiger partial charge is 1.00 e. The fourth-order valence-electron chi connectivity index (χ4n) is 1.48. The van der Waals surface area contributed by atoms with E-state index in [1.165, 1.54) is 19.2 Å². The number of ether oxygens (including phenoxy) is 1. The molecule has 1 heterocycles.